The van der Waals surface area contributed by atoms with Crippen molar-refractivity contribution in [3.05, 3.63) is 66.0 Å². The van der Waals surface area contributed by atoms with Crippen LogP contribution in [0.15, 0.2) is 54.6 Å². The van der Waals surface area contributed by atoms with Crippen LogP contribution in [0.5, 0.6) is 0 Å². The lowest BCUT2D eigenvalue weighted by molar-refractivity contribution is -0.127. The van der Waals surface area contributed by atoms with Gasteiger partial charge in [-0.1, -0.05) is 30.3 Å². The lowest BCUT2D eigenvalue weighted by atomic mass is 9.93. The molecule has 1 saturated heterocycles. The van der Waals surface area contributed by atoms with Crippen molar-refractivity contribution in [3.63, 3.8) is 0 Å². The molecule has 1 heterocycles. The van der Waals surface area contributed by atoms with E-state index in [1.54, 1.807) is 12.1 Å². The number of benzene rings is 2. The van der Waals surface area contributed by atoms with E-state index in [4.69, 9.17) is 0 Å². The molecule has 3 rings (SSSR count). The van der Waals surface area contributed by atoms with Crippen LogP contribution in [0.3, 0.4) is 0 Å². The molecular formula is C23H28FN3O2. The molecule has 0 aliphatic carbocycles. The first-order valence-corrected chi connectivity index (χ1v) is 10.1. The summed E-state index contributed by atoms with van der Waals surface area (Å²) >= 11 is 0. The van der Waals surface area contributed by atoms with Gasteiger partial charge in [-0.15, -0.1) is 0 Å². The van der Waals surface area contributed by atoms with Crippen molar-refractivity contribution >= 4 is 17.5 Å². The molecule has 0 saturated carbocycles. The minimum Gasteiger partial charge on any atom is -0.354 e. The molecule has 1 aliphatic rings. The molecule has 2 amide bonds. The maximum atomic E-state index is 13.2. The predicted molar refractivity (Wildman–Crippen MR) is 112 cm³/mol. The van der Waals surface area contributed by atoms with Crippen LogP contribution < -0.4 is 10.6 Å². The zero-order valence-corrected chi connectivity index (χ0v) is 16.9. The lowest BCUT2D eigenvalue weighted by Crippen LogP contribution is -2.46. The van der Waals surface area contributed by atoms with Gasteiger partial charge in [-0.3, -0.25) is 14.5 Å². The first kappa shape index (κ1) is 21.0. The van der Waals surface area contributed by atoms with Gasteiger partial charge in [-0.05, 0) is 69.6 Å². The van der Waals surface area contributed by atoms with Crippen molar-refractivity contribution < 1.29 is 14.0 Å². The highest BCUT2D eigenvalue weighted by Crippen LogP contribution is 2.28. The van der Waals surface area contributed by atoms with Gasteiger partial charge in [-0.25, -0.2) is 4.39 Å². The van der Waals surface area contributed by atoms with E-state index in [0.29, 0.717) is 31.6 Å². The highest BCUT2D eigenvalue weighted by atomic mass is 19.1. The Hall–Kier alpha value is -2.73. The second-order valence-corrected chi connectivity index (χ2v) is 7.78. The van der Waals surface area contributed by atoms with Gasteiger partial charge in [0.25, 0.3) is 0 Å². The molecule has 2 N–H and O–H groups in total. The Labute approximate surface area is 171 Å². The predicted octanol–water partition coefficient (Wildman–Crippen LogP) is 3.74. The second kappa shape index (κ2) is 9.65. The quantitative estimate of drug-likeness (QED) is 0.781. The normalized spacial score (nSPS) is 16.4. The maximum absolute atomic E-state index is 13.2. The highest BCUT2D eigenvalue weighted by Gasteiger charge is 2.33. The number of anilines is 1. The van der Waals surface area contributed by atoms with Gasteiger partial charge in [0.15, 0.2) is 0 Å². The van der Waals surface area contributed by atoms with Gasteiger partial charge in [0.05, 0.1) is 0 Å². The van der Waals surface area contributed by atoms with E-state index >= 15 is 0 Å². The SMILES string of the molecule is CC(C)NC(=O)C1CCN(C(C(=O)Nc2ccc(F)cc2)c2ccccc2)CC1. The average molecular weight is 397 g/mol. The van der Waals surface area contributed by atoms with Crippen molar-refractivity contribution in [3.8, 4) is 0 Å². The Morgan fingerprint density at radius 1 is 1.00 bits per heavy atom. The van der Waals surface area contributed by atoms with E-state index < -0.39 is 6.04 Å². The first-order chi connectivity index (χ1) is 13.9. The Morgan fingerprint density at radius 2 is 1.62 bits per heavy atom. The van der Waals surface area contributed by atoms with E-state index in [1.165, 1.54) is 12.1 Å². The standard InChI is InChI=1S/C23H28FN3O2/c1-16(2)25-22(28)18-12-14-27(15-13-18)21(17-6-4-3-5-7-17)23(29)26-20-10-8-19(24)9-11-20/h3-11,16,18,21H,12-15H2,1-2H3,(H,25,28)(H,26,29). The Bertz CT molecular complexity index is 816. The molecule has 154 valence electrons. The molecule has 1 atom stereocenters. The van der Waals surface area contributed by atoms with Crippen LogP contribution in [0.1, 0.15) is 38.3 Å². The zero-order valence-electron chi connectivity index (χ0n) is 16.9. The van der Waals surface area contributed by atoms with Crippen molar-refractivity contribution in [1.82, 2.24) is 10.2 Å². The number of carbonyl (C=O) groups excluding carboxylic acids is 2. The topological polar surface area (TPSA) is 61.4 Å². The summed E-state index contributed by atoms with van der Waals surface area (Å²) in [5.74, 6) is -0.436. The molecular weight excluding hydrogens is 369 g/mol. The molecule has 0 radical (unpaired) electrons. The number of hydrogen-bond acceptors (Lipinski definition) is 3. The summed E-state index contributed by atoms with van der Waals surface area (Å²) in [6.45, 7) is 5.23. The largest absolute Gasteiger partial charge is 0.354 e. The minimum absolute atomic E-state index is 0.0229. The molecule has 6 heteroatoms. The number of piperidine rings is 1. The smallest absolute Gasteiger partial charge is 0.246 e. The van der Waals surface area contributed by atoms with E-state index in [0.717, 1.165) is 5.56 Å². The summed E-state index contributed by atoms with van der Waals surface area (Å²) in [6, 6.07) is 15.0. The molecule has 29 heavy (non-hydrogen) atoms. The number of nitrogens with zero attached hydrogens (tertiary/aromatic N) is 1. The maximum Gasteiger partial charge on any atom is 0.246 e. The van der Waals surface area contributed by atoms with Crippen LogP contribution in [0.2, 0.25) is 0 Å². The molecule has 0 aromatic heterocycles. The molecule has 1 fully saturated rings. The van der Waals surface area contributed by atoms with Crippen LogP contribution in [0.4, 0.5) is 10.1 Å². The zero-order chi connectivity index (χ0) is 20.8. The fourth-order valence-electron chi connectivity index (χ4n) is 3.73. The van der Waals surface area contributed by atoms with Crippen LogP contribution in [0, 0.1) is 11.7 Å². The van der Waals surface area contributed by atoms with Crippen LogP contribution in [-0.4, -0.2) is 35.8 Å². The Morgan fingerprint density at radius 3 is 2.21 bits per heavy atom. The summed E-state index contributed by atoms with van der Waals surface area (Å²) in [5, 5.41) is 5.88. The first-order valence-electron chi connectivity index (χ1n) is 10.1. The van der Waals surface area contributed by atoms with E-state index in [-0.39, 0.29) is 29.6 Å². The molecule has 5 nitrogen and oxygen atoms in total. The fraction of sp³-hybridized carbons (Fsp3) is 0.391. The van der Waals surface area contributed by atoms with E-state index in [9.17, 15) is 14.0 Å². The van der Waals surface area contributed by atoms with Crippen molar-refractivity contribution in [2.24, 2.45) is 5.92 Å². The number of amides is 2. The fourth-order valence-corrected chi connectivity index (χ4v) is 3.73. The Balaban J connectivity index is 1.72. The van der Waals surface area contributed by atoms with Crippen LogP contribution in [0.25, 0.3) is 0 Å². The van der Waals surface area contributed by atoms with E-state index in [2.05, 4.69) is 15.5 Å². The minimum atomic E-state index is -0.463. The molecule has 1 unspecified atom stereocenters. The summed E-state index contributed by atoms with van der Waals surface area (Å²) < 4.78 is 13.2. The average Bonchev–Trinajstić information content (AvgIpc) is 2.71. The number of halogens is 1. The van der Waals surface area contributed by atoms with Gasteiger partial charge in [0, 0.05) is 17.6 Å². The molecule has 1 aliphatic heterocycles. The summed E-state index contributed by atoms with van der Waals surface area (Å²) in [5.41, 5.74) is 1.46. The number of rotatable bonds is 6. The lowest BCUT2D eigenvalue weighted by Gasteiger charge is -2.36. The number of hydrogen-bond donors (Lipinski definition) is 2. The number of carbonyl (C=O) groups is 2. The molecule has 2 aromatic carbocycles. The Kier molecular flexibility index (Phi) is 6.99. The van der Waals surface area contributed by atoms with Gasteiger partial charge < -0.3 is 10.6 Å². The van der Waals surface area contributed by atoms with Crippen LogP contribution >= 0.6 is 0 Å². The molecule has 2 aromatic rings. The highest BCUT2D eigenvalue weighted by molar-refractivity contribution is 5.95. The third-order valence-electron chi connectivity index (χ3n) is 5.17. The summed E-state index contributed by atoms with van der Waals surface area (Å²) in [7, 11) is 0. The number of likely N-dealkylation sites (tertiary alicyclic amines) is 1. The van der Waals surface area contributed by atoms with Crippen molar-refractivity contribution in [2.45, 2.75) is 38.8 Å². The van der Waals surface area contributed by atoms with Gasteiger partial charge in [0.2, 0.25) is 11.8 Å². The van der Waals surface area contributed by atoms with Crippen molar-refractivity contribution in [1.29, 1.82) is 0 Å². The van der Waals surface area contributed by atoms with Gasteiger partial charge in [0.1, 0.15) is 11.9 Å². The van der Waals surface area contributed by atoms with E-state index in [1.807, 2.05) is 44.2 Å². The number of nitrogens with one attached hydrogen (secondary N) is 2. The monoisotopic (exact) mass is 397 g/mol. The van der Waals surface area contributed by atoms with Crippen molar-refractivity contribution in [2.75, 3.05) is 18.4 Å². The van der Waals surface area contributed by atoms with Crippen LogP contribution in [-0.2, 0) is 9.59 Å². The third kappa shape index (κ3) is 5.64. The molecule has 0 spiro atoms. The molecule has 0 bridgehead atoms. The van der Waals surface area contributed by atoms with Gasteiger partial charge >= 0.3 is 0 Å². The second-order valence-electron chi connectivity index (χ2n) is 7.78. The van der Waals surface area contributed by atoms with Gasteiger partial charge in [-0.2, -0.15) is 0 Å². The third-order valence-corrected chi connectivity index (χ3v) is 5.17. The summed E-state index contributed by atoms with van der Waals surface area (Å²) in [4.78, 5) is 27.6. The summed E-state index contributed by atoms with van der Waals surface area (Å²) in [6.07, 6.45) is 1.43.